The second-order valence-corrected chi connectivity index (χ2v) is 9.53. The summed E-state index contributed by atoms with van der Waals surface area (Å²) in [6.07, 6.45) is 0.832. The van der Waals surface area contributed by atoms with Crippen molar-refractivity contribution in [3.8, 4) is 16.9 Å². The fraction of sp³-hybridized carbons (Fsp3) is 0.185. The lowest BCUT2D eigenvalue weighted by Gasteiger charge is -2.33. The van der Waals surface area contributed by atoms with Gasteiger partial charge in [0.25, 0.3) is 5.56 Å². The molecule has 0 spiro atoms. The highest BCUT2D eigenvalue weighted by Crippen LogP contribution is 2.41. The van der Waals surface area contributed by atoms with Crippen LogP contribution in [0.1, 0.15) is 30.5 Å². The van der Waals surface area contributed by atoms with Gasteiger partial charge < -0.3 is 0 Å². The molecule has 0 saturated heterocycles. The van der Waals surface area contributed by atoms with E-state index in [-0.39, 0.29) is 11.0 Å². The first-order valence-electron chi connectivity index (χ1n) is 10.5. The van der Waals surface area contributed by atoms with Gasteiger partial charge in [-0.05, 0) is 29.7 Å². The number of fused-ring (bicyclic) bond motifs is 3. The number of aromatic nitrogens is 2. The van der Waals surface area contributed by atoms with Crippen LogP contribution in [0, 0.1) is 0 Å². The van der Waals surface area contributed by atoms with Gasteiger partial charge in [0.1, 0.15) is 0 Å². The van der Waals surface area contributed by atoms with Crippen molar-refractivity contribution in [3.63, 3.8) is 0 Å². The maximum atomic E-state index is 14.0. The van der Waals surface area contributed by atoms with Crippen LogP contribution in [0.2, 0.25) is 0 Å². The van der Waals surface area contributed by atoms with E-state index in [0.717, 1.165) is 39.8 Å². The molecule has 0 fully saturated rings. The van der Waals surface area contributed by atoms with Crippen molar-refractivity contribution in [2.45, 2.75) is 36.6 Å². The van der Waals surface area contributed by atoms with Crippen LogP contribution in [0.5, 0.6) is 0 Å². The molecule has 3 aromatic carbocycles. The van der Waals surface area contributed by atoms with Crippen LogP contribution in [-0.2, 0) is 17.6 Å². The summed E-state index contributed by atoms with van der Waals surface area (Å²) in [4.78, 5) is 19.1. The Kier molecular flexibility index (Phi) is 5.03. The van der Waals surface area contributed by atoms with Crippen LogP contribution in [0.25, 0.3) is 16.9 Å². The Balaban J connectivity index is 1.74. The molecule has 0 bridgehead atoms. The van der Waals surface area contributed by atoms with Crippen molar-refractivity contribution in [2.24, 2.45) is 0 Å². The molecule has 4 heteroatoms. The number of rotatable bonds is 4. The van der Waals surface area contributed by atoms with E-state index in [9.17, 15) is 4.79 Å². The molecule has 31 heavy (non-hydrogen) atoms. The maximum absolute atomic E-state index is 14.0. The maximum Gasteiger partial charge on any atom is 0.263 e. The average Bonchev–Trinajstić information content (AvgIpc) is 2.78. The molecule has 5 rings (SSSR count). The van der Waals surface area contributed by atoms with Gasteiger partial charge in [-0.15, -0.1) is 0 Å². The fourth-order valence-corrected chi connectivity index (χ4v) is 5.36. The van der Waals surface area contributed by atoms with Crippen LogP contribution in [-0.4, -0.2) is 9.55 Å². The number of hydrogen-bond acceptors (Lipinski definition) is 3. The minimum atomic E-state index is -0.285. The number of thioether (sulfide) groups is 1. The zero-order chi connectivity index (χ0) is 21.4. The fourth-order valence-electron chi connectivity index (χ4n) is 4.40. The van der Waals surface area contributed by atoms with Gasteiger partial charge in [-0.3, -0.25) is 9.36 Å². The zero-order valence-corrected chi connectivity index (χ0v) is 18.5. The predicted octanol–water partition coefficient (Wildman–Crippen LogP) is 6.03. The molecule has 1 aliphatic carbocycles. The quantitative estimate of drug-likeness (QED) is 0.297. The van der Waals surface area contributed by atoms with E-state index < -0.39 is 0 Å². The Hall–Kier alpha value is -3.11. The van der Waals surface area contributed by atoms with Crippen molar-refractivity contribution in [1.29, 1.82) is 0 Å². The molecule has 0 amide bonds. The lowest BCUT2D eigenvalue weighted by molar-refractivity contribution is 0.499. The average molecular weight is 425 g/mol. The summed E-state index contributed by atoms with van der Waals surface area (Å²) in [6, 6.07) is 28.5. The molecule has 0 radical (unpaired) electrons. The second-order valence-electron chi connectivity index (χ2n) is 8.59. The van der Waals surface area contributed by atoms with Crippen molar-refractivity contribution in [1.82, 2.24) is 9.55 Å². The van der Waals surface area contributed by atoms with Gasteiger partial charge >= 0.3 is 0 Å². The van der Waals surface area contributed by atoms with Gasteiger partial charge in [0.2, 0.25) is 0 Å². The first-order valence-corrected chi connectivity index (χ1v) is 11.5. The minimum Gasteiger partial charge on any atom is -0.268 e. The summed E-state index contributed by atoms with van der Waals surface area (Å²) in [6.45, 7) is 4.30. The molecule has 0 atom stereocenters. The number of nitrogens with zero attached hydrogens (tertiary/aromatic N) is 2. The third-order valence-electron chi connectivity index (χ3n) is 5.86. The van der Waals surface area contributed by atoms with Gasteiger partial charge in [0.05, 0.1) is 16.9 Å². The largest absolute Gasteiger partial charge is 0.268 e. The van der Waals surface area contributed by atoms with E-state index in [1.165, 1.54) is 11.1 Å². The summed E-state index contributed by atoms with van der Waals surface area (Å²) in [5.74, 6) is 0.754. The lowest BCUT2D eigenvalue weighted by Crippen LogP contribution is -2.37. The molecule has 0 aliphatic heterocycles. The molecule has 1 heterocycles. The van der Waals surface area contributed by atoms with Gasteiger partial charge in [-0.25, -0.2) is 4.98 Å². The first kappa shape index (κ1) is 19.8. The van der Waals surface area contributed by atoms with E-state index in [2.05, 4.69) is 44.2 Å². The highest BCUT2D eigenvalue weighted by atomic mass is 32.2. The van der Waals surface area contributed by atoms with Gasteiger partial charge in [0.15, 0.2) is 5.16 Å². The van der Waals surface area contributed by atoms with Crippen molar-refractivity contribution >= 4 is 11.8 Å². The first-order chi connectivity index (χ1) is 15.0. The summed E-state index contributed by atoms with van der Waals surface area (Å²) in [7, 11) is 0. The highest BCUT2D eigenvalue weighted by Gasteiger charge is 2.36. The number of benzene rings is 3. The Morgan fingerprint density at radius 2 is 1.55 bits per heavy atom. The number of para-hydroxylation sites is 1. The summed E-state index contributed by atoms with van der Waals surface area (Å²) >= 11 is 1.61. The van der Waals surface area contributed by atoms with E-state index in [1.54, 1.807) is 16.3 Å². The van der Waals surface area contributed by atoms with E-state index >= 15 is 0 Å². The molecule has 1 aromatic heterocycles. The Morgan fingerprint density at radius 3 is 2.29 bits per heavy atom. The summed E-state index contributed by atoms with van der Waals surface area (Å²) in [5, 5.41) is 0.728. The summed E-state index contributed by atoms with van der Waals surface area (Å²) in [5.41, 5.74) is 5.78. The van der Waals surface area contributed by atoms with Crippen LogP contribution in [0.15, 0.2) is 94.9 Å². The third-order valence-corrected chi connectivity index (χ3v) is 6.87. The van der Waals surface area contributed by atoms with Gasteiger partial charge in [-0.2, -0.15) is 0 Å². The van der Waals surface area contributed by atoms with Crippen molar-refractivity contribution in [3.05, 3.63) is 112 Å². The van der Waals surface area contributed by atoms with Crippen LogP contribution < -0.4 is 5.56 Å². The van der Waals surface area contributed by atoms with E-state index in [0.29, 0.717) is 0 Å². The molecule has 154 valence electrons. The van der Waals surface area contributed by atoms with Gasteiger partial charge in [0, 0.05) is 16.7 Å². The monoisotopic (exact) mass is 424 g/mol. The molecule has 0 N–H and O–H groups in total. The number of hydrogen-bond donors (Lipinski definition) is 0. The Labute approximate surface area is 186 Å². The van der Waals surface area contributed by atoms with Crippen LogP contribution >= 0.6 is 11.8 Å². The Bertz CT molecular complexity index is 1290. The second kappa shape index (κ2) is 7.86. The van der Waals surface area contributed by atoms with Crippen molar-refractivity contribution < 1.29 is 0 Å². The highest BCUT2D eigenvalue weighted by molar-refractivity contribution is 7.98. The molecular formula is C27H24N2OS. The normalized spacial score (nSPS) is 14.0. The minimum absolute atomic E-state index is 0.0336. The van der Waals surface area contributed by atoms with E-state index in [4.69, 9.17) is 4.98 Å². The van der Waals surface area contributed by atoms with Gasteiger partial charge in [-0.1, -0.05) is 98.4 Å². The van der Waals surface area contributed by atoms with E-state index in [1.807, 2.05) is 54.6 Å². The molecule has 1 aliphatic rings. The molecule has 3 nitrogen and oxygen atoms in total. The molecule has 4 aromatic rings. The third kappa shape index (κ3) is 3.61. The Morgan fingerprint density at radius 1 is 0.903 bits per heavy atom. The lowest BCUT2D eigenvalue weighted by atomic mass is 9.72. The predicted molar refractivity (Wildman–Crippen MR) is 128 cm³/mol. The summed E-state index contributed by atoms with van der Waals surface area (Å²) < 4.78 is 1.79. The zero-order valence-electron chi connectivity index (χ0n) is 17.7. The molecule has 0 unspecified atom stereocenters. The molecule has 0 saturated carbocycles. The van der Waals surface area contributed by atoms with Crippen molar-refractivity contribution in [2.75, 3.05) is 0 Å². The standard InChI is InChI=1S/C27H24N2OS/c1-27(2)17-20-13-9-10-16-22(20)24-23(27)25(30)29(21-14-7-4-8-15-21)26(28-24)31-18-19-11-5-3-6-12-19/h3-16H,17-18H2,1-2H3. The topological polar surface area (TPSA) is 34.9 Å². The van der Waals surface area contributed by atoms with Crippen LogP contribution in [0.4, 0.5) is 0 Å². The SMILES string of the molecule is CC1(C)Cc2ccccc2-c2nc(SCc3ccccc3)n(-c3ccccc3)c(=O)c21. The smallest absolute Gasteiger partial charge is 0.263 e. The van der Waals surface area contributed by atoms with Crippen LogP contribution in [0.3, 0.4) is 0 Å². The molecular weight excluding hydrogens is 400 g/mol.